The molecular weight excluding hydrogens is 353 g/mol. The molecule has 1 aromatic heterocycles. The molecule has 1 aliphatic carbocycles. The highest BCUT2D eigenvalue weighted by Gasteiger charge is 2.20. The number of rotatable bonds is 4. The van der Waals surface area contributed by atoms with Crippen molar-refractivity contribution in [1.29, 1.82) is 0 Å². The van der Waals surface area contributed by atoms with E-state index in [0.717, 1.165) is 25.0 Å². The lowest BCUT2D eigenvalue weighted by Crippen LogP contribution is -2.25. The van der Waals surface area contributed by atoms with E-state index in [0.29, 0.717) is 5.13 Å². The van der Waals surface area contributed by atoms with E-state index >= 15 is 0 Å². The first-order valence-corrected chi connectivity index (χ1v) is 12.0. The van der Waals surface area contributed by atoms with Gasteiger partial charge in [-0.1, -0.05) is 38.1 Å². The number of carbonyl (C=O) groups is 1. The van der Waals surface area contributed by atoms with E-state index in [-0.39, 0.29) is 12.5 Å². The summed E-state index contributed by atoms with van der Waals surface area (Å²) in [6.07, 6.45) is 3.14. The molecule has 0 atom stereocenters. The SMILES string of the molecule is CC.CP(C)(=O)NCC(=O)Nc1nc2c(s1)CCCc1ccccc1-2. The molecule has 1 heterocycles. The van der Waals surface area contributed by atoms with E-state index in [1.807, 2.05) is 19.9 Å². The number of nitrogens with zero attached hydrogens (tertiary/aromatic N) is 1. The Hall–Kier alpha value is -1.49. The van der Waals surface area contributed by atoms with Gasteiger partial charge in [0, 0.05) is 23.8 Å². The zero-order valence-electron chi connectivity index (χ0n) is 15.3. The van der Waals surface area contributed by atoms with Crippen molar-refractivity contribution >= 4 is 29.7 Å². The van der Waals surface area contributed by atoms with Crippen molar-refractivity contribution in [3.63, 3.8) is 0 Å². The van der Waals surface area contributed by atoms with Gasteiger partial charge in [0.25, 0.3) is 0 Å². The second kappa shape index (κ2) is 8.75. The van der Waals surface area contributed by atoms with Gasteiger partial charge in [0.05, 0.1) is 12.2 Å². The lowest BCUT2D eigenvalue weighted by Gasteiger charge is -2.08. The summed E-state index contributed by atoms with van der Waals surface area (Å²) in [6.45, 7) is 7.23. The van der Waals surface area contributed by atoms with Crippen LogP contribution in [0.2, 0.25) is 0 Å². The van der Waals surface area contributed by atoms with Crippen molar-refractivity contribution in [2.45, 2.75) is 33.1 Å². The number of hydrogen-bond donors (Lipinski definition) is 2. The topological polar surface area (TPSA) is 71.1 Å². The van der Waals surface area contributed by atoms with Crippen molar-refractivity contribution in [2.75, 3.05) is 25.2 Å². The summed E-state index contributed by atoms with van der Waals surface area (Å²) < 4.78 is 11.6. The summed E-state index contributed by atoms with van der Waals surface area (Å²) >= 11 is 1.53. The summed E-state index contributed by atoms with van der Waals surface area (Å²) in [5.41, 5.74) is 3.47. The molecule has 0 radical (unpaired) electrons. The molecule has 0 fully saturated rings. The Labute approximate surface area is 153 Å². The molecule has 5 nitrogen and oxygen atoms in total. The minimum Gasteiger partial charge on any atom is -0.307 e. The molecule has 0 spiro atoms. The van der Waals surface area contributed by atoms with Gasteiger partial charge in [0.1, 0.15) is 7.29 Å². The van der Waals surface area contributed by atoms with Gasteiger partial charge in [-0.3, -0.25) is 9.88 Å². The number of amides is 1. The number of nitrogens with one attached hydrogen (secondary N) is 2. The zero-order valence-corrected chi connectivity index (χ0v) is 17.0. The van der Waals surface area contributed by atoms with E-state index in [2.05, 4.69) is 33.6 Å². The van der Waals surface area contributed by atoms with Crippen LogP contribution in [0.5, 0.6) is 0 Å². The molecule has 0 unspecified atom stereocenters. The number of anilines is 1. The zero-order chi connectivity index (χ0) is 18.4. The predicted molar refractivity (Wildman–Crippen MR) is 107 cm³/mol. The Kier molecular flexibility index (Phi) is 6.94. The van der Waals surface area contributed by atoms with E-state index < -0.39 is 7.29 Å². The molecule has 25 heavy (non-hydrogen) atoms. The van der Waals surface area contributed by atoms with E-state index in [1.165, 1.54) is 27.3 Å². The van der Waals surface area contributed by atoms with Crippen LogP contribution < -0.4 is 10.4 Å². The molecule has 136 valence electrons. The first-order chi connectivity index (χ1) is 11.9. The molecule has 2 aromatic rings. The van der Waals surface area contributed by atoms with Gasteiger partial charge in [0.2, 0.25) is 5.91 Å². The molecule has 1 amide bonds. The van der Waals surface area contributed by atoms with Crippen molar-refractivity contribution in [2.24, 2.45) is 0 Å². The predicted octanol–water partition coefficient (Wildman–Crippen LogP) is 4.39. The first kappa shape index (κ1) is 19.8. The highest BCUT2D eigenvalue weighted by atomic mass is 32.1. The minimum atomic E-state index is -2.41. The first-order valence-electron chi connectivity index (χ1n) is 8.60. The third-order valence-corrected chi connectivity index (χ3v) is 5.64. The number of thiazole rings is 1. The Bertz CT molecular complexity index is 782. The van der Waals surface area contributed by atoms with Crippen LogP contribution in [0.1, 0.15) is 30.7 Å². The standard InChI is InChI=1S/C16H20N3O2PS.C2H6/c1-22(2,21)17-10-14(20)18-16-19-15-12-8-4-3-6-11(12)7-5-9-13(15)23-16;1-2/h3-4,6,8H,5,7,9-10H2,1-2H3,(H,17,21)(H,18,19,20);1-2H3. The molecule has 1 aliphatic rings. The highest BCUT2D eigenvalue weighted by Crippen LogP contribution is 2.37. The van der Waals surface area contributed by atoms with Crippen LogP contribution >= 0.6 is 18.6 Å². The normalized spacial score (nSPS) is 13.0. The number of aryl methyl sites for hydroxylation is 2. The second-order valence-electron chi connectivity index (χ2n) is 6.04. The lowest BCUT2D eigenvalue weighted by atomic mass is 10.0. The molecule has 7 heteroatoms. The van der Waals surface area contributed by atoms with Gasteiger partial charge in [-0.25, -0.2) is 4.98 Å². The Morgan fingerprint density at radius 3 is 2.68 bits per heavy atom. The molecular formula is C18H26N3O2PS. The number of fused-ring (bicyclic) bond motifs is 3. The fraction of sp³-hybridized carbons (Fsp3) is 0.444. The van der Waals surface area contributed by atoms with E-state index in [9.17, 15) is 9.36 Å². The molecule has 3 rings (SSSR count). The summed E-state index contributed by atoms with van der Waals surface area (Å²) in [5.74, 6) is -0.217. The van der Waals surface area contributed by atoms with Crippen molar-refractivity contribution in [1.82, 2.24) is 10.1 Å². The van der Waals surface area contributed by atoms with Gasteiger partial charge in [-0.2, -0.15) is 0 Å². The lowest BCUT2D eigenvalue weighted by molar-refractivity contribution is -0.115. The monoisotopic (exact) mass is 379 g/mol. The average molecular weight is 379 g/mol. The third kappa shape index (κ3) is 5.50. The second-order valence-corrected chi connectivity index (χ2v) is 10.1. The van der Waals surface area contributed by atoms with Crippen LogP contribution in [0.25, 0.3) is 11.3 Å². The van der Waals surface area contributed by atoms with Gasteiger partial charge in [0.15, 0.2) is 5.13 Å². The summed E-state index contributed by atoms with van der Waals surface area (Å²) in [6, 6.07) is 8.32. The number of benzene rings is 1. The molecule has 0 saturated carbocycles. The molecule has 0 aliphatic heterocycles. The maximum Gasteiger partial charge on any atom is 0.240 e. The molecule has 1 aromatic carbocycles. The van der Waals surface area contributed by atoms with Crippen LogP contribution in [0.3, 0.4) is 0 Å². The molecule has 0 saturated heterocycles. The van der Waals surface area contributed by atoms with Gasteiger partial charge in [-0.05, 0) is 24.8 Å². The fourth-order valence-electron chi connectivity index (χ4n) is 2.62. The maximum absolute atomic E-state index is 12.0. The Morgan fingerprint density at radius 2 is 1.96 bits per heavy atom. The maximum atomic E-state index is 12.0. The number of hydrogen-bond acceptors (Lipinski definition) is 4. The molecule has 2 N–H and O–H groups in total. The summed E-state index contributed by atoms with van der Waals surface area (Å²) in [4.78, 5) is 17.8. The Morgan fingerprint density at radius 1 is 1.24 bits per heavy atom. The Balaban J connectivity index is 0.00000109. The van der Waals surface area contributed by atoms with Gasteiger partial charge in [-0.15, -0.1) is 11.3 Å². The highest BCUT2D eigenvalue weighted by molar-refractivity contribution is 7.60. The van der Waals surface area contributed by atoms with E-state index in [4.69, 9.17) is 0 Å². The fourth-order valence-corrected chi connectivity index (χ4v) is 4.18. The molecule has 0 bridgehead atoms. The van der Waals surface area contributed by atoms with Crippen molar-refractivity contribution in [3.8, 4) is 11.3 Å². The minimum absolute atomic E-state index is 0.0328. The quantitative estimate of drug-likeness (QED) is 0.773. The van der Waals surface area contributed by atoms with Crippen LogP contribution in [-0.2, 0) is 22.2 Å². The van der Waals surface area contributed by atoms with Crippen LogP contribution in [0, 0.1) is 0 Å². The van der Waals surface area contributed by atoms with Gasteiger partial charge >= 0.3 is 0 Å². The smallest absolute Gasteiger partial charge is 0.240 e. The average Bonchev–Trinajstić information content (AvgIpc) is 2.89. The van der Waals surface area contributed by atoms with Crippen LogP contribution in [0.4, 0.5) is 5.13 Å². The third-order valence-electron chi connectivity index (χ3n) is 3.69. The number of aromatic nitrogens is 1. The van der Waals surface area contributed by atoms with E-state index in [1.54, 1.807) is 13.3 Å². The number of carbonyl (C=O) groups excluding carboxylic acids is 1. The van der Waals surface area contributed by atoms with Crippen molar-refractivity contribution in [3.05, 3.63) is 34.7 Å². The van der Waals surface area contributed by atoms with Gasteiger partial charge < -0.3 is 9.88 Å². The summed E-state index contributed by atoms with van der Waals surface area (Å²) in [7, 11) is -2.41. The summed E-state index contributed by atoms with van der Waals surface area (Å²) in [5, 5.41) is 6.17. The van der Waals surface area contributed by atoms with Crippen LogP contribution in [0.15, 0.2) is 24.3 Å². The largest absolute Gasteiger partial charge is 0.307 e. The van der Waals surface area contributed by atoms with Crippen LogP contribution in [-0.4, -0.2) is 30.8 Å². The van der Waals surface area contributed by atoms with Crippen molar-refractivity contribution < 1.29 is 9.36 Å².